The molecule has 0 atom stereocenters. The van der Waals surface area contributed by atoms with Crippen molar-refractivity contribution in [3.63, 3.8) is 0 Å². The molecular formula is C19H21N5O. The standard InChI is InChI=1S/C19H21N5O/c1-12-9-13(2)24-19(10-12)21-17(22-24)7-8-18-20-15(11-23(18)4)16-6-5-14(3)25-16/h5-6,9-11H,7-8H2,1-4H3. The molecule has 0 aliphatic heterocycles. The first-order chi connectivity index (χ1) is 12.0. The predicted octanol–water partition coefficient (Wildman–Crippen LogP) is 3.43. The number of hydrogen-bond acceptors (Lipinski definition) is 4. The Kier molecular flexibility index (Phi) is 3.67. The number of aryl methyl sites for hydroxylation is 6. The average Bonchev–Trinajstić information content (AvgIpc) is 3.24. The Morgan fingerprint density at radius 1 is 1.04 bits per heavy atom. The molecule has 4 aromatic rings. The maximum Gasteiger partial charge on any atom is 0.156 e. The molecule has 0 radical (unpaired) electrons. The maximum atomic E-state index is 5.66. The van der Waals surface area contributed by atoms with Crippen LogP contribution in [-0.2, 0) is 19.9 Å². The molecule has 0 spiro atoms. The molecule has 4 heterocycles. The van der Waals surface area contributed by atoms with E-state index in [1.54, 1.807) is 0 Å². The molecule has 0 fully saturated rings. The molecule has 4 rings (SSSR count). The number of imidazole rings is 1. The zero-order valence-electron chi connectivity index (χ0n) is 14.9. The lowest BCUT2D eigenvalue weighted by Gasteiger charge is -1.99. The van der Waals surface area contributed by atoms with Crippen LogP contribution in [0.4, 0.5) is 0 Å². The maximum absolute atomic E-state index is 5.66. The van der Waals surface area contributed by atoms with Crippen molar-refractivity contribution in [3.05, 3.63) is 59.1 Å². The molecule has 0 aliphatic rings. The summed E-state index contributed by atoms with van der Waals surface area (Å²) in [6.45, 7) is 6.06. The summed E-state index contributed by atoms with van der Waals surface area (Å²) in [5, 5.41) is 4.62. The topological polar surface area (TPSA) is 61.1 Å². The minimum atomic E-state index is 0.752. The van der Waals surface area contributed by atoms with Crippen LogP contribution in [0.25, 0.3) is 17.1 Å². The highest BCUT2D eigenvalue weighted by molar-refractivity contribution is 5.51. The normalized spacial score (nSPS) is 11.5. The molecule has 6 nitrogen and oxygen atoms in total. The van der Waals surface area contributed by atoms with E-state index in [1.165, 1.54) is 5.56 Å². The Morgan fingerprint density at radius 2 is 1.88 bits per heavy atom. The summed E-state index contributed by atoms with van der Waals surface area (Å²) in [5.41, 5.74) is 4.06. The molecule has 0 bridgehead atoms. The van der Waals surface area contributed by atoms with Crippen molar-refractivity contribution in [2.75, 3.05) is 0 Å². The van der Waals surface area contributed by atoms with Crippen LogP contribution >= 0.6 is 0 Å². The second-order valence-electron chi connectivity index (χ2n) is 6.54. The molecule has 0 N–H and O–H groups in total. The summed E-state index contributed by atoms with van der Waals surface area (Å²) >= 11 is 0. The van der Waals surface area contributed by atoms with Gasteiger partial charge in [-0.15, -0.1) is 0 Å². The fourth-order valence-electron chi connectivity index (χ4n) is 3.11. The molecule has 0 aromatic carbocycles. The van der Waals surface area contributed by atoms with E-state index in [0.717, 1.165) is 53.0 Å². The van der Waals surface area contributed by atoms with Crippen LogP contribution in [-0.4, -0.2) is 24.1 Å². The molecule has 128 valence electrons. The SMILES string of the molecule is Cc1cc(C)n2nc(CCc3nc(-c4ccc(C)o4)cn3C)nc2c1. The smallest absolute Gasteiger partial charge is 0.156 e. The van der Waals surface area contributed by atoms with E-state index in [1.807, 2.05) is 41.4 Å². The first-order valence-corrected chi connectivity index (χ1v) is 8.41. The third-order valence-corrected chi connectivity index (χ3v) is 4.34. The van der Waals surface area contributed by atoms with E-state index in [9.17, 15) is 0 Å². The van der Waals surface area contributed by atoms with Crippen LogP contribution < -0.4 is 0 Å². The minimum absolute atomic E-state index is 0.752. The number of nitrogens with zero attached hydrogens (tertiary/aromatic N) is 5. The van der Waals surface area contributed by atoms with Gasteiger partial charge < -0.3 is 8.98 Å². The summed E-state index contributed by atoms with van der Waals surface area (Å²) in [7, 11) is 2.01. The van der Waals surface area contributed by atoms with E-state index in [2.05, 4.69) is 36.1 Å². The largest absolute Gasteiger partial charge is 0.460 e. The molecule has 0 saturated heterocycles. The van der Waals surface area contributed by atoms with E-state index in [4.69, 9.17) is 9.40 Å². The molecule has 6 heteroatoms. The lowest BCUT2D eigenvalue weighted by molar-refractivity contribution is 0.546. The summed E-state index contributed by atoms with van der Waals surface area (Å²) in [4.78, 5) is 9.34. The Hall–Kier alpha value is -2.89. The van der Waals surface area contributed by atoms with Gasteiger partial charge in [0.1, 0.15) is 17.3 Å². The van der Waals surface area contributed by atoms with Crippen LogP contribution in [0.2, 0.25) is 0 Å². The van der Waals surface area contributed by atoms with Gasteiger partial charge in [-0.3, -0.25) is 0 Å². The summed E-state index contributed by atoms with van der Waals surface area (Å²) in [5.74, 6) is 3.53. The number of hydrogen-bond donors (Lipinski definition) is 0. The van der Waals surface area contributed by atoms with Gasteiger partial charge in [0.25, 0.3) is 0 Å². The molecule has 0 unspecified atom stereocenters. The van der Waals surface area contributed by atoms with Crippen molar-refractivity contribution in [3.8, 4) is 11.5 Å². The highest BCUT2D eigenvalue weighted by Crippen LogP contribution is 2.21. The van der Waals surface area contributed by atoms with Crippen molar-refractivity contribution >= 4 is 5.65 Å². The Morgan fingerprint density at radius 3 is 2.64 bits per heavy atom. The van der Waals surface area contributed by atoms with Crippen molar-refractivity contribution < 1.29 is 4.42 Å². The van der Waals surface area contributed by atoms with Gasteiger partial charge in [0.15, 0.2) is 17.2 Å². The second-order valence-corrected chi connectivity index (χ2v) is 6.54. The number of aromatic nitrogens is 5. The number of rotatable bonds is 4. The highest BCUT2D eigenvalue weighted by Gasteiger charge is 2.12. The second kappa shape index (κ2) is 5.88. The van der Waals surface area contributed by atoms with Gasteiger partial charge in [0.05, 0.1) is 0 Å². The average molecular weight is 335 g/mol. The van der Waals surface area contributed by atoms with Crippen LogP contribution in [0.1, 0.15) is 28.7 Å². The number of pyridine rings is 1. The van der Waals surface area contributed by atoms with Crippen molar-refractivity contribution in [2.24, 2.45) is 7.05 Å². The lowest BCUT2D eigenvalue weighted by Crippen LogP contribution is -2.01. The fraction of sp³-hybridized carbons (Fsp3) is 0.316. The zero-order chi connectivity index (χ0) is 17.6. The minimum Gasteiger partial charge on any atom is -0.460 e. The number of fused-ring (bicyclic) bond motifs is 1. The van der Waals surface area contributed by atoms with Crippen molar-refractivity contribution in [1.82, 2.24) is 24.1 Å². The number of furan rings is 1. The molecule has 4 aromatic heterocycles. The monoisotopic (exact) mass is 335 g/mol. The van der Waals surface area contributed by atoms with Crippen molar-refractivity contribution in [1.29, 1.82) is 0 Å². The zero-order valence-corrected chi connectivity index (χ0v) is 14.9. The van der Waals surface area contributed by atoms with Gasteiger partial charge in [0, 0.05) is 31.8 Å². The van der Waals surface area contributed by atoms with Gasteiger partial charge in [-0.25, -0.2) is 14.5 Å². The van der Waals surface area contributed by atoms with Gasteiger partial charge in [-0.1, -0.05) is 0 Å². The quantitative estimate of drug-likeness (QED) is 0.573. The van der Waals surface area contributed by atoms with E-state index in [0.29, 0.717) is 0 Å². The van der Waals surface area contributed by atoms with Crippen LogP contribution in [0, 0.1) is 20.8 Å². The first kappa shape index (κ1) is 15.6. The van der Waals surface area contributed by atoms with E-state index in [-0.39, 0.29) is 0 Å². The van der Waals surface area contributed by atoms with Gasteiger partial charge in [-0.05, 0) is 50.6 Å². The summed E-state index contributed by atoms with van der Waals surface area (Å²) in [6.07, 6.45) is 3.53. The first-order valence-electron chi connectivity index (χ1n) is 8.41. The summed E-state index contributed by atoms with van der Waals surface area (Å²) < 4.78 is 9.60. The highest BCUT2D eigenvalue weighted by atomic mass is 16.3. The molecule has 0 aliphatic carbocycles. The van der Waals surface area contributed by atoms with Crippen LogP contribution in [0.15, 0.2) is 34.9 Å². The molecule has 0 amide bonds. The third kappa shape index (κ3) is 2.95. The molecular weight excluding hydrogens is 314 g/mol. The van der Waals surface area contributed by atoms with E-state index < -0.39 is 0 Å². The van der Waals surface area contributed by atoms with Gasteiger partial charge >= 0.3 is 0 Å². The fourth-order valence-corrected chi connectivity index (χ4v) is 3.11. The molecule has 25 heavy (non-hydrogen) atoms. The Labute approximate surface area is 146 Å². The molecule has 0 saturated carbocycles. The Balaban J connectivity index is 1.55. The van der Waals surface area contributed by atoms with Crippen LogP contribution in [0.5, 0.6) is 0 Å². The summed E-state index contributed by atoms with van der Waals surface area (Å²) in [6, 6.07) is 8.08. The van der Waals surface area contributed by atoms with E-state index >= 15 is 0 Å². The van der Waals surface area contributed by atoms with Crippen molar-refractivity contribution in [2.45, 2.75) is 33.6 Å². The predicted molar refractivity (Wildman–Crippen MR) is 95.5 cm³/mol. The Bertz CT molecular complexity index is 1050. The van der Waals surface area contributed by atoms with Gasteiger partial charge in [0.2, 0.25) is 0 Å². The van der Waals surface area contributed by atoms with Crippen LogP contribution in [0.3, 0.4) is 0 Å². The third-order valence-electron chi connectivity index (χ3n) is 4.34. The lowest BCUT2D eigenvalue weighted by atomic mass is 10.2. The van der Waals surface area contributed by atoms with Gasteiger partial charge in [-0.2, -0.15) is 5.10 Å².